The summed E-state index contributed by atoms with van der Waals surface area (Å²) in [7, 11) is 0. The highest BCUT2D eigenvalue weighted by Gasteiger charge is 2.27. The van der Waals surface area contributed by atoms with Crippen molar-refractivity contribution in [1.29, 1.82) is 0 Å². The Hall–Kier alpha value is -1.52. The minimum Gasteiger partial charge on any atom is -0.392 e. The lowest BCUT2D eigenvalue weighted by Gasteiger charge is -2.21. The Morgan fingerprint density at radius 3 is 2.46 bits per heavy atom. The van der Waals surface area contributed by atoms with E-state index in [4.69, 9.17) is 0 Å². The van der Waals surface area contributed by atoms with Crippen LogP contribution in [0.1, 0.15) is 53.4 Å². The van der Waals surface area contributed by atoms with Crippen LogP contribution in [0.4, 0.5) is 0 Å². The van der Waals surface area contributed by atoms with Crippen molar-refractivity contribution in [3.8, 4) is 0 Å². The zero-order valence-electron chi connectivity index (χ0n) is 15.2. The number of hydrogen-bond donors (Lipinski definition) is 2. The average Bonchev–Trinajstić information content (AvgIpc) is 2.54. The molecule has 2 N–H and O–H groups in total. The van der Waals surface area contributed by atoms with Crippen molar-refractivity contribution < 1.29 is 19.8 Å². The summed E-state index contributed by atoms with van der Waals surface area (Å²) in [5.74, 6) is -0.651. The molecule has 0 aromatic carbocycles. The number of carbonyl (C=O) groups is 2. The first-order chi connectivity index (χ1) is 11.3. The van der Waals surface area contributed by atoms with Gasteiger partial charge in [0.05, 0.1) is 6.61 Å². The van der Waals surface area contributed by atoms with Gasteiger partial charge in [-0.3, -0.25) is 9.59 Å². The predicted octanol–water partition coefficient (Wildman–Crippen LogP) is 3.14. The summed E-state index contributed by atoms with van der Waals surface area (Å²) in [4.78, 5) is 24.8. The summed E-state index contributed by atoms with van der Waals surface area (Å²) in [6.07, 6.45) is 6.50. The number of allylic oxidation sites excluding steroid dienone is 4. The minimum atomic E-state index is -1.11. The van der Waals surface area contributed by atoms with Crippen molar-refractivity contribution in [3.05, 3.63) is 34.9 Å². The molecule has 4 heteroatoms. The Kier molecular flexibility index (Phi) is 8.29. The number of ketones is 2. The molecule has 0 fully saturated rings. The topological polar surface area (TPSA) is 74.6 Å². The van der Waals surface area contributed by atoms with E-state index in [2.05, 4.69) is 0 Å². The zero-order valence-corrected chi connectivity index (χ0v) is 15.2. The highest BCUT2D eigenvalue weighted by Crippen LogP contribution is 2.22. The van der Waals surface area contributed by atoms with Crippen LogP contribution in [0.3, 0.4) is 0 Å². The normalized spacial score (nSPS) is 31.5. The van der Waals surface area contributed by atoms with Gasteiger partial charge in [-0.1, -0.05) is 44.6 Å². The number of carbonyl (C=O) groups excluding carboxylic acids is 2. The summed E-state index contributed by atoms with van der Waals surface area (Å²) in [5.41, 5.74) is 2.12. The molecule has 0 radical (unpaired) electrons. The number of Topliss-reactive ketones (excluding diaryl/α,β-unsaturated/α-hetero) is 2. The fraction of sp³-hybridized carbons (Fsp3) is 0.600. The second kappa shape index (κ2) is 9.70. The van der Waals surface area contributed by atoms with Gasteiger partial charge in [-0.15, -0.1) is 0 Å². The number of aliphatic hydroxyl groups excluding tert-OH is 2. The quantitative estimate of drug-likeness (QED) is 0.813. The van der Waals surface area contributed by atoms with Crippen molar-refractivity contribution >= 4 is 11.6 Å². The molecule has 1 aliphatic rings. The average molecular weight is 334 g/mol. The fourth-order valence-corrected chi connectivity index (χ4v) is 2.72. The molecule has 0 amide bonds. The molecule has 0 unspecified atom stereocenters. The van der Waals surface area contributed by atoms with Crippen molar-refractivity contribution in [2.75, 3.05) is 6.61 Å². The van der Waals surface area contributed by atoms with Gasteiger partial charge in [0.25, 0.3) is 0 Å². The minimum absolute atomic E-state index is 0.0267. The third-order valence-electron chi connectivity index (χ3n) is 4.55. The molecule has 24 heavy (non-hydrogen) atoms. The third-order valence-corrected chi connectivity index (χ3v) is 4.55. The Bertz CT molecular complexity index is 552. The first-order valence-corrected chi connectivity index (χ1v) is 8.70. The summed E-state index contributed by atoms with van der Waals surface area (Å²) >= 11 is 0. The molecule has 0 saturated carbocycles. The van der Waals surface area contributed by atoms with Crippen LogP contribution in [0.5, 0.6) is 0 Å². The van der Waals surface area contributed by atoms with Crippen LogP contribution in [-0.4, -0.2) is 34.5 Å². The molecular formula is C20H30O4. The first kappa shape index (κ1) is 20.5. The van der Waals surface area contributed by atoms with E-state index in [0.29, 0.717) is 24.0 Å². The summed E-state index contributed by atoms with van der Waals surface area (Å²) in [5, 5.41) is 19.7. The molecule has 0 aliphatic heterocycles. The maximum atomic E-state index is 12.6. The SMILES string of the molecule is C/C1=C/C=C(\C(C)C)C(=O)[C@@H](O)[C@H](C)CCC(=O)/C(CO)=C\CC1. The van der Waals surface area contributed by atoms with Gasteiger partial charge < -0.3 is 10.2 Å². The second-order valence-corrected chi connectivity index (χ2v) is 6.96. The lowest BCUT2D eigenvalue weighted by Crippen LogP contribution is -2.31. The molecule has 0 heterocycles. The van der Waals surface area contributed by atoms with Gasteiger partial charge >= 0.3 is 0 Å². The molecule has 0 aromatic heterocycles. The van der Waals surface area contributed by atoms with Crippen molar-refractivity contribution in [1.82, 2.24) is 0 Å². The van der Waals surface area contributed by atoms with Crippen LogP contribution in [0, 0.1) is 11.8 Å². The largest absolute Gasteiger partial charge is 0.392 e. The van der Waals surface area contributed by atoms with Crippen molar-refractivity contribution in [2.45, 2.75) is 59.5 Å². The van der Waals surface area contributed by atoms with Gasteiger partial charge in [0.15, 0.2) is 11.6 Å². The van der Waals surface area contributed by atoms with Crippen LogP contribution in [-0.2, 0) is 9.59 Å². The smallest absolute Gasteiger partial charge is 0.187 e. The highest BCUT2D eigenvalue weighted by atomic mass is 16.3. The third kappa shape index (κ3) is 5.84. The summed E-state index contributed by atoms with van der Waals surface area (Å²) in [6, 6.07) is 0. The molecule has 0 spiro atoms. The van der Waals surface area contributed by atoms with Crippen molar-refractivity contribution in [2.24, 2.45) is 11.8 Å². The van der Waals surface area contributed by atoms with E-state index in [1.807, 2.05) is 32.9 Å². The molecule has 4 nitrogen and oxygen atoms in total. The van der Waals surface area contributed by atoms with E-state index in [1.54, 1.807) is 13.0 Å². The molecule has 0 saturated heterocycles. The van der Waals surface area contributed by atoms with Gasteiger partial charge in [0, 0.05) is 17.6 Å². The molecule has 1 aliphatic carbocycles. The summed E-state index contributed by atoms with van der Waals surface area (Å²) < 4.78 is 0. The van der Waals surface area contributed by atoms with E-state index >= 15 is 0 Å². The van der Waals surface area contributed by atoms with Gasteiger partial charge in [-0.05, 0) is 38.0 Å². The number of hydrogen-bond acceptors (Lipinski definition) is 4. The molecule has 134 valence electrons. The Morgan fingerprint density at radius 1 is 1.21 bits per heavy atom. The van der Waals surface area contributed by atoms with E-state index in [-0.39, 0.29) is 36.4 Å². The van der Waals surface area contributed by atoms with E-state index < -0.39 is 6.10 Å². The maximum absolute atomic E-state index is 12.6. The summed E-state index contributed by atoms with van der Waals surface area (Å²) in [6.45, 7) is 7.36. The van der Waals surface area contributed by atoms with Crippen LogP contribution in [0.25, 0.3) is 0 Å². The van der Waals surface area contributed by atoms with E-state index in [0.717, 1.165) is 12.0 Å². The Balaban J connectivity index is 3.17. The van der Waals surface area contributed by atoms with Gasteiger partial charge in [0.2, 0.25) is 0 Å². The number of rotatable bonds is 2. The molecule has 0 aromatic rings. The molecular weight excluding hydrogens is 304 g/mol. The van der Waals surface area contributed by atoms with Crippen LogP contribution < -0.4 is 0 Å². The number of aliphatic hydroxyl groups is 2. The highest BCUT2D eigenvalue weighted by molar-refractivity contribution is 5.99. The van der Waals surface area contributed by atoms with Crippen LogP contribution in [0.2, 0.25) is 0 Å². The van der Waals surface area contributed by atoms with Crippen molar-refractivity contribution in [3.63, 3.8) is 0 Å². The Labute approximate surface area is 145 Å². The fourth-order valence-electron chi connectivity index (χ4n) is 2.72. The van der Waals surface area contributed by atoms with E-state index in [1.165, 1.54) is 0 Å². The molecule has 0 bridgehead atoms. The van der Waals surface area contributed by atoms with Gasteiger partial charge in [-0.25, -0.2) is 0 Å². The van der Waals surface area contributed by atoms with Crippen LogP contribution in [0.15, 0.2) is 34.9 Å². The Morgan fingerprint density at radius 2 is 1.88 bits per heavy atom. The van der Waals surface area contributed by atoms with Gasteiger partial charge in [0.1, 0.15) is 6.10 Å². The predicted molar refractivity (Wildman–Crippen MR) is 95.5 cm³/mol. The standard InChI is InChI=1S/C20H30O4/c1-13(2)17-10-8-14(3)6-5-7-16(12-21)18(22)11-9-15(4)19(23)20(17)24/h7-8,10,13,15,19,21,23H,5-6,9,11-12H2,1-4H3/b14-8-,16-7-,17-10+/t15-,19+/m1/s1. The lowest BCUT2D eigenvalue weighted by atomic mass is 9.87. The second-order valence-electron chi connectivity index (χ2n) is 6.96. The monoisotopic (exact) mass is 334 g/mol. The van der Waals surface area contributed by atoms with Gasteiger partial charge in [-0.2, -0.15) is 0 Å². The lowest BCUT2D eigenvalue weighted by molar-refractivity contribution is -0.126. The van der Waals surface area contributed by atoms with Crippen LogP contribution >= 0.6 is 0 Å². The maximum Gasteiger partial charge on any atom is 0.187 e. The zero-order chi connectivity index (χ0) is 18.3. The molecule has 1 rings (SSSR count). The van der Waals surface area contributed by atoms with E-state index in [9.17, 15) is 19.8 Å². The first-order valence-electron chi connectivity index (χ1n) is 8.70. The molecule has 2 atom stereocenters.